The number of fused-ring (bicyclic) bond motifs is 1. The number of nitrogens with zero attached hydrogens (tertiary/aromatic N) is 4. The summed E-state index contributed by atoms with van der Waals surface area (Å²) in [5.74, 6) is 1.60. The predicted octanol–water partition coefficient (Wildman–Crippen LogP) is 2.42. The van der Waals surface area contributed by atoms with Crippen LogP contribution in [0.25, 0.3) is 16.7 Å². The molecule has 1 atom stereocenters. The van der Waals surface area contributed by atoms with Gasteiger partial charge in [0.05, 0.1) is 30.5 Å². The molecule has 1 aliphatic heterocycles. The highest BCUT2D eigenvalue weighted by molar-refractivity contribution is 5.87. The average molecular weight is 325 g/mol. The molecule has 3 heterocycles. The molecule has 2 aromatic heterocycles. The first kappa shape index (κ1) is 14.9. The molecular weight excluding hydrogens is 306 g/mol. The molecule has 0 bridgehead atoms. The van der Waals surface area contributed by atoms with E-state index in [4.69, 9.17) is 9.47 Å². The first-order valence-corrected chi connectivity index (χ1v) is 8.04. The summed E-state index contributed by atoms with van der Waals surface area (Å²) in [4.78, 5) is 8.74. The zero-order valence-corrected chi connectivity index (χ0v) is 13.5. The number of methoxy groups -OCH3 is 1. The Morgan fingerprint density at radius 2 is 2.17 bits per heavy atom. The van der Waals surface area contributed by atoms with E-state index in [-0.39, 0.29) is 6.10 Å². The molecule has 124 valence electrons. The van der Waals surface area contributed by atoms with Crippen molar-refractivity contribution in [3.8, 4) is 11.4 Å². The number of aromatic nitrogens is 4. The Balaban J connectivity index is 1.62. The van der Waals surface area contributed by atoms with E-state index in [0.717, 1.165) is 54.3 Å². The van der Waals surface area contributed by atoms with Crippen LogP contribution in [0.1, 0.15) is 12.8 Å². The van der Waals surface area contributed by atoms with E-state index in [1.54, 1.807) is 24.3 Å². The molecule has 7 heteroatoms. The fourth-order valence-corrected chi connectivity index (χ4v) is 2.91. The largest absolute Gasteiger partial charge is 0.497 e. The van der Waals surface area contributed by atoms with Gasteiger partial charge in [0, 0.05) is 13.2 Å². The third kappa shape index (κ3) is 2.78. The van der Waals surface area contributed by atoms with Gasteiger partial charge in [-0.25, -0.2) is 14.6 Å². The molecule has 1 N–H and O–H groups in total. The van der Waals surface area contributed by atoms with Crippen LogP contribution in [-0.4, -0.2) is 46.1 Å². The van der Waals surface area contributed by atoms with Crippen LogP contribution in [0.15, 0.2) is 36.8 Å². The standard InChI is InChI=1S/C17H19N5O2/c1-23-13-6-4-12(5-7-13)22-17-15(10-21-22)16(19-11-20-17)18-9-14-3-2-8-24-14/h4-7,10-11,14H,2-3,8-9H2,1H3,(H,18,19,20)/t14-/m0/s1. The lowest BCUT2D eigenvalue weighted by Crippen LogP contribution is -2.19. The van der Waals surface area contributed by atoms with Gasteiger partial charge in [-0.05, 0) is 37.1 Å². The van der Waals surface area contributed by atoms with E-state index >= 15 is 0 Å². The van der Waals surface area contributed by atoms with Crippen molar-refractivity contribution in [1.82, 2.24) is 19.7 Å². The summed E-state index contributed by atoms with van der Waals surface area (Å²) in [6.45, 7) is 1.60. The molecule has 0 spiro atoms. The van der Waals surface area contributed by atoms with Crippen molar-refractivity contribution in [3.05, 3.63) is 36.8 Å². The van der Waals surface area contributed by atoms with E-state index in [1.165, 1.54) is 0 Å². The van der Waals surface area contributed by atoms with Crippen LogP contribution in [0.2, 0.25) is 0 Å². The van der Waals surface area contributed by atoms with Crippen molar-refractivity contribution in [3.63, 3.8) is 0 Å². The number of benzene rings is 1. The van der Waals surface area contributed by atoms with Crippen LogP contribution in [0.3, 0.4) is 0 Å². The topological polar surface area (TPSA) is 74.1 Å². The van der Waals surface area contributed by atoms with Crippen molar-refractivity contribution in [2.75, 3.05) is 25.6 Å². The van der Waals surface area contributed by atoms with E-state index < -0.39 is 0 Å². The Hall–Kier alpha value is -2.67. The van der Waals surface area contributed by atoms with Gasteiger partial charge >= 0.3 is 0 Å². The fourth-order valence-electron chi connectivity index (χ4n) is 2.91. The van der Waals surface area contributed by atoms with Gasteiger partial charge in [-0.1, -0.05) is 0 Å². The molecule has 1 saturated heterocycles. The van der Waals surface area contributed by atoms with Gasteiger partial charge in [0.1, 0.15) is 17.9 Å². The second kappa shape index (κ2) is 6.45. The summed E-state index contributed by atoms with van der Waals surface area (Å²) in [6.07, 6.45) is 5.82. The van der Waals surface area contributed by atoms with Crippen molar-refractivity contribution in [1.29, 1.82) is 0 Å². The van der Waals surface area contributed by atoms with Gasteiger partial charge in [0.15, 0.2) is 5.65 Å². The minimum atomic E-state index is 0.256. The number of rotatable bonds is 5. The number of hydrogen-bond donors (Lipinski definition) is 1. The molecule has 24 heavy (non-hydrogen) atoms. The lowest BCUT2D eigenvalue weighted by atomic mass is 10.2. The van der Waals surface area contributed by atoms with E-state index in [9.17, 15) is 0 Å². The second-order valence-electron chi connectivity index (χ2n) is 5.73. The minimum Gasteiger partial charge on any atom is -0.497 e. The Morgan fingerprint density at radius 1 is 1.29 bits per heavy atom. The van der Waals surface area contributed by atoms with Crippen LogP contribution in [0, 0.1) is 0 Å². The molecule has 1 fully saturated rings. The average Bonchev–Trinajstić information content (AvgIpc) is 3.30. The Bertz CT molecular complexity index is 825. The van der Waals surface area contributed by atoms with Crippen LogP contribution >= 0.6 is 0 Å². The Labute approximate surface area is 139 Å². The monoisotopic (exact) mass is 325 g/mol. The Morgan fingerprint density at radius 3 is 2.92 bits per heavy atom. The molecule has 1 aromatic carbocycles. The van der Waals surface area contributed by atoms with Gasteiger partial charge in [0.2, 0.25) is 0 Å². The van der Waals surface area contributed by atoms with Gasteiger partial charge in [-0.15, -0.1) is 0 Å². The first-order valence-electron chi connectivity index (χ1n) is 8.04. The molecule has 3 aromatic rings. The molecule has 1 aliphatic rings. The van der Waals surface area contributed by atoms with Crippen molar-refractivity contribution < 1.29 is 9.47 Å². The third-order valence-electron chi connectivity index (χ3n) is 4.20. The highest BCUT2D eigenvalue weighted by Crippen LogP contribution is 2.23. The SMILES string of the molecule is COc1ccc(-n2ncc3c(NC[C@@H]4CCCO4)ncnc32)cc1. The van der Waals surface area contributed by atoms with Crippen molar-refractivity contribution >= 4 is 16.9 Å². The van der Waals surface area contributed by atoms with Crippen molar-refractivity contribution in [2.45, 2.75) is 18.9 Å². The minimum absolute atomic E-state index is 0.256. The normalized spacial score (nSPS) is 17.3. The first-order chi connectivity index (χ1) is 11.8. The third-order valence-corrected chi connectivity index (χ3v) is 4.20. The van der Waals surface area contributed by atoms with Gasteiger partial charge < -0.3 is 14.8 Å². The molecule has 0 unspecified atom stereocenters. The molecule has 0 aliphatic carbocycles. The number of hydrogen-bond acceptors (Lipinski definition) is 6. The van der Waals surface area contributed by atoms with Gasteiger partial charge in [-0.3, -0.25) is 0 Å². The highest BCUT2D eigenvalue weighted by atomic mass is 16.5. The van der Waals surface area contributed by atoms with Gasteiger partial charge in [-0.2, -0.15) is 5.10 Å². The molecule has 0 saturated carbocycles. The second-order valence-corrected chi connectivity index (χ2v) is 5.73. The molecule has 0 radical (unpaired) electrons. The summed E-state index contributed by atoms with van der Waals surface area (Å²) >= 11 is 0. The summed E-state index contributed by atoms with van der Waals surface area (Å²) < 4.78 is 12.6. The number of anilines is 1. The number of ether oxygens (including phenoxy) is 2. The smallest absolute Gasteiger partial charge is 0.168 e. The maximum absolute atomic E-state index is 5.64. The summed E-state index contributed by atoms with van der Waals surface area (Å²) in [7, 11) is 1.65. The fraction of sp³-hybridized carbons (Fsp3) is 0.353. The molecule has 4 rings (SSSR count). The van der Waals surface area contributed by atoms with E-state index in [1.807, 2.05) is 24.3 Å². The zero-order valence-electron chi connectivity index (χ0n) is 13.5. The maximum Gasteiger partial charge on any atom is 0.168 e. The van der Waals surface area contributed by atoms with Gasteiger partial charge in [0.25, 0.3) is 0 Å². The van der Waals surface area contributed by atoms with E-state index in [2.05, 4.69) is 20.4 Å². The summed E-state index contributed by atoms with van der Waals surface area (Å²) in [6, 6.07) is 7.71. The molecule has 7 nitrogen and oxygen atoms in total. The van der Waals surface area contributed by atoms with Crippen LogP contribution in [-0.2, 0) is 4.74 Å². The lowest BCUT2D eigenvalue weighted by Gasteiger charge is -2.11. The lowest BCUT2D eigenvalue weighted by molar-refractivity contribution is 0.120. The highest BCUT2D eigenvalue weighted by Gasteiger charge is 2.17. The quantitative estimate of drug-likeness (QED) is 0.776. The number of nitrogens with one attached hydrogen (secondary N) is 1. The summed E-state index contributed by atoms with van der Waals surface area (Å²) in [5.41, 5.74) is 1.69. The van der Waals surface area contributed by atoms with Crippen molar-refractivity contribution in [2.24, 2.45) is 0 Å². The van der Waals surface area contributed by atoms with E-state index in [0.29, 0.717) is 0 Å². The zero-order chi connectivity index (χ0) is 16.4. The van der Waals surface area contributed by atoms with Crippen LogP contribution < -0.4 is 10.1 Å². The molecular formula is C17H19N5O2. The Kier molecular flexibility index (Phi) is 4.00. The van der Waals surface area contributed by atoms with Crippen LogP contribution in [0.5, 0.6) is 5.75 Å². The molecule has 0 amide bonds. The summed E-state index contributed by atoms with van der Waals surface area (Å²) in [5, 5.41) is 8.72. The predicted molar refractivity (Wildman–Crippen MR) is 90.7 cm³/mol. The maximum atomic E-state index is 5.64. The van der Waals surface area contributed by atoms with Crippen LogP contribution in [0.4, 0.5) is 5.82 Å².